The summed E-state index contributed by atoms with van der Waals surface area (Å²) in [6, 6.07) is 7.44. The molecule has 0 saturated heterocycles. The highest BCUT2D eigenvalue weighted by atomic mass is 16.3. The summed E-state index contributed by atoms with van der Waals surface area (Å²) in [6.45, 7) is 4.94. The zero-order valence-electron chi connectivity index (χ0n) is 9.27. The summed E-state index contributed by atoms with van der Waals surface area (Å²) >= 11 is 0. The Hall–Kier alpha value is -1.06. The summed E-state index contributed by atoms with van der Waals surface area (Å²) in [5.41, 5.74) is 1.05. The molecule has 0 amide bonds. The molecule has 1 aromatic carbocycles. The van der Waals surface area contributed by atoms with Gasteiger partial charge < -0.3 is 15.5 Å². The van der Waals surface area contributed by atoms with Gasteiger partial charge in [-0.05, 0) is 30.5 Å². The Kier molecular flexibility index (Phi) is 4.59. The van der Waals surface area contributed by atoms with Crippen molar-refractivity contribution in [1.29, 1.82) is 0 Å². The summed E-state index contributed by atoms with van der Waals surface area (Å²) in [7, 11) is 0. The summed E-state index contributed by atoms with van der Waals surface area (Å²) in [5.74, 6) is 0.527. The van der Waals surface area contributed by atoms with Crippen LogP contribution in [0.3, 0.4) is 0 Å². The van der Waals surface area contributed by atoms with Gasteiger partial charge in [0.05, 0.1) is 0 Å². The molecule has 15 heavy (non-hydrogen) atoms. The number of nitrogens with one attached hydrogen (secondary N) is 1. The Labute approximate surface area is 90.8 Å². The van der Waals surface area contributed by atoms with Crippen LogP contribution >= 0.6 is 0 Å². The van der Waals surface area contributed by atoms with E-state index in [1.165, 1.54) is 0 Å². The van der Waals surface area contributed by atoms with Gasteiger partial charge in [-0.15, -0.1) is 0 Å². The van der Waals surface area contributed by atoms with Gasteiger partial charge in [-0.3, -0.25) is 0 Å². The second-order valence-corrected chi connectivity index (χ2v) is 4.00. The third-order valence-corrected chi connectivity index (χ3v) is 2.68. The van der Waals surface area contributed by atoms with Crippen LogP contribution < -0.4 is 5.32 Å². The van der Waals surface area contributed by atoms with Gasteiger partial charge in [-0.2, -0.15) is 0 Å². The fourth-order valence-electron chi connectivity index (χ4n) is 1.30. The zero-order valence-corrected chi connectivity index (χ0v) is 9.27. The normalized spacial score (nSPS) is 14.9. The molecule has 2 atom stereocenters. The first-order valence-electron chi connectivity index (χ1n) is 5.25. The van der Waals surface area contributed by atoms with Crippen LogP contribution in [0.4, 0.5) is 0 Å². The molecule has 0 bridgehead atoms. The maximum atomic E-state index is 9.27. The Morgan fingerprint density at radius 1 is 1.33 bits per heavy atom. The minimum atomic E-state index is 0.189. The summed E-state index contributed by atoms with van der Waals surface area (Å²) in [6.07, 6.45) is 0. The molecule has 0 spiro atoms. The highest BCUT2D eigenvalue weighted by Gasteiger charge is 2.09. The number of hydrogen-bond acceptors (Lipinski definition) is 3. The van der Waals surface area contributed by atoms with Crippen LogP contribution in [0.15, 0.2) is 24.3 Å². The third-order valence-electron chi connectivity index (χ3n) is 2.68. The average Bonchev–Trinajstić information content (AvgIpc) is 2.25. The van der Waals surface area contributed by atoms with Crippen molar-refractivity contribution in [3.8, 4) is 5.75 Å². The van der Waals surface area contributed by atoms with E-state index in [2.05, 4.69) is 5.32 Å². The largest absolute Gasteiger partial charge is 0.508 e. The van der Waals surface area contributed by atoms with Crippen LogP contribution in [0.2, 0.25) is 0 Å². The molecule has 3 nitrogen and oxygen atoms in total. The zero-order chi connectivity index (χ0) is 11.3. The fraction of sp³-hybridized carbons (Fsp3) is 0.500. The lowest BCUT2D eigenvalue weighted by Crippen LogP contribution is -2.33. The van der Waals surface area contributed by atoms with Crippen LogP contribution in [-0.4, -0.2) is 22.9 Å². The molecule has 0 saturated carbocycles. The van der Waals surface area contributed by atoms with Crippen molar-refractivity contribution < 1.29 is 10.2 Å². The third kappa shape index (κ3) is 3.90. The standard InChI is InChI=1S/C12H19NO2/c1-9(8-14)10(2)13-7-11-4-3-5-12(15)6-11/h3-6,9-10,13-15H,7-8H2,1-2H3. The van der Waals surface area contributed by atoms with Crippen LogP contribution in [0, 0.1) is 5.92 Å². The number of phenolic OH excluding ortho intramolecular Hbond substituents is 1. The highest BCUT2D eigenvalue weighted by Crippen LogP contribution is 2.11. The number of hydrogen-bond donors (Lipinski definition) is 3. The number of rotatable bonds is 5. The van der Waals surface area contributed by atoms with Crippen molar-refractivity contribution in [2.45, 2.75) is 26.4 Å². The Bertz CT molecular complexity index is 301. The number of aromatic hydroxyl groups is 1. The molecule has 0 aliphatic rings. The van der Waals surface area contributed by atoms with Crippen LogP contribution in [0.1, 0.15) is 19.4 Å². The van der Waals surface area contributed by atoms with E-state index >= 15 is 0 Å². The number of aliphatic hydroxyl groups is 1. The van der Waals surface area contributed by atoms with Gasteiger partial charge in [0, 0.05) is 19.2 Å². The van der Waals surface area contributed by atoms with E-state index < -0.39 is 0 Å². The van der Waals surface area contributed by atoms with Gasteiger partial charge in [0.1, 0.15) is 5.75 Å². The van der Waals surface area contributed by atoms with Gasteiger partial charge in [-0.1, -0.05) is 19.1 Å². The van der Waals surface area contributed by atoms with Crippen molar-refractivity contribution in [1.82, 2.24) is 5.32 Å². The van der Waals surface area contributed by atoms with Crippen LogP contribution in [0.5, 0.6) is 5.75 Å². The van der Waals surface area contributed by atoms with Crippen molar-refractivity contribution in [2.24, 2.45) is 5.92 Å². The van der Waals surface area contributed by atoms with E-state index in [4.69, 9.17) is 5.11 Å². The Balaban J connectivity index is 2.43. The quantitative estimate of drug-likeness (QED) is 0.689. The lowest BCUT2D eigenvalue weighted by atomic mass is 10.0. The summed E-state index contributed by atoms with van der Waals surface area (Å²) in [5, 5.41) is 21.5. The minimum Gasteiger partial charge on any atom is -0.508 e. The van der Waals surface area contributed by atoms with E-state index in [1.54, 1.807) is 12.1 Å². The molecule has 0 heterocycles. The molecular weight excluding hydrogens is 190 g/mol. The molecule has 0 fully saturated rings. The molecular formula is C12H19NO2. The molecule has 0 aliphatic carbocycles. The first-order valence-corrected chi connectivity index (χ1v) is 5.25. The average molecular weight is 209 g/mol. The van der Waals surface area contributed by atoms with Crippen molar-refractivity contribution in [3.05, 3.63) is 29.8 Å². The van der Waals surface area contributed by atoms with E-state index in [0.717, 1.165) is 5.56 Å². The molecule has 0 aromatic heterocycles. The highest BCUT2D eigenvalue weighted by molar-refractivity contribution is 5.26. The predicted octanol–water partition coefficient (Wildman–Crippen LogP) is 1.50. The molecule has 0 aliphatic heterocycles. The van der Waals surface area contributed by atoms with Gasteiger partial charge in [0.25, 0.3) is 0 Å². The van der Waals surface area contributed by atoms with E-state index in [-0.39, 0.29) is 24.3 Å². The maximum Gasteiger partial charge on any atom is 0.115 e. The van der Waals surface area contributed by atoms with Gasteiger partial charge in [0.2, 0.25) is 0 Å². The monoisotopic (exact) mass is 209 g/mol. The lowest BCUT2D eigenvalue weighted by molar-refractivity contribution is 0.207. The summed E-state index contributed by atoms with van der Waals surface area (Å²) in [4.78, 5) is 0. The molecule has 3 N–H and O–H groups in total. The van der Waals surface area contributed by atoms with Gasteiger partial charge in [0.15, 0.2) is 0 Å². The van der Waals surface area contributed by atoms with Crippen molar-refractivity contribution in [2.75, 3.05) is 6.61 Å². The minimum absolute atomic E-state index is 0.189. The van der Waals surface area contributed by atoms with Crippen molar-refractivity contribution >= 4 is 0 Å². The molecule has 84 valence electrons. The Morgan fingerprint density at radius 2 is 2.07 bits per heavy atom. The number of phenols is 1. The fourth-order valence-corrected chi connectivity index (χ4v) is 1.30. The maximum absolute atomic E-state index is 9.27. The SMILES string of the molecule is CC(CO)C(C)NCc1cccc(O)c1. The lowest BCUT2D eigenvalue weighted by Gasteiger charge is -2.19. The molecule has 1 aromatic rings. The van der Waals surface area contributed by atoms with Crippen LogP contribution in [-0.2, 0) is 6.54 Å². The number of aliphatic hydroxyl groups excluding tert-OH is 1. The van der Waals surface area contributed by atoms with Crippen LogP contribution in [0.25, 0.3) is 0 Å². The van der Waals surface area contributed by atoms with Crippen molar-refractivity contribution in [3.63, 3.8) is 0 Å². The Morgan fingerprint density at radius 3 is 2.67 bits per heavy atom. The second-order valence-electron chi connectivity index (χ2n) is 4.00. The first kappa shape index (κ1) is 12.0. The van der Waals surface area contributed by atoms with E-state index in [9.17, 15) is 5.11 Å². The number of benzene rings is 1. The molecule has 1 rings (SSSR count). The van der Waals surface area contributed by atoms with E-state index in [0.29, 0.717) is 6.54 Å². The second kappa shape index (κ2) is 5.73. The molecule has 2 unspecified atom stereocenters. The topological polar surface area (TPSA) is 52.5 Å². The smallest absolute Gasteiger partial charge is 0.115 e. The molecule has 0 radical (unpaired) electrons. The van der Waals surface area contributed by atoms with E-state index in [1.807, 2.05) is 26.0 Å². The molecule has 3 heteroatoms. The first-order chi connectivity index (χ1) is 7.13. The predicted molar refractivity (Wildman–Crippen MR) is 60.7 cm³/mol. The van der Waals surface area contributed by atoms with Gasteiger partial charge >= 0.3 is 0 Å². The summed E-state index contributed by atoms with van der Waals surface area (Å²) < 4.78 is 0. The van der Waals surface area contributed by atoms with Gasteiger partial charge in [-0.25, -0.2) is 0 Å².